The molecule has 0 radical (unpaired) electrons. The predicted octanol–water partition coefficient (Wildman–Crippen LogP) is 3.62. The topological polar surface area (TPSA) is 122 Å². The highest BCUT2D eigenvalue weighted by atomic mass is 32.2. The summed E-state index contributed by atoms with van der Waals surface area (Å²) in [6.45, 7) is 3.44. The maximum absolute atomic E-state index is 14.1. The lowest BCUT2D eigenvalue weighted by molar-refractivity contribution is -0.128. The molecule has 0 aliphatic carbocycles. The largest absolute Gasteiger partial charge is 0.481 e. The molecule has 13 heteroatoms. The number of carbonyl (C=O) groups excluding carboxylic acids is 2. The fourth-order valence-corrected chi connectivity index (χ4v) is 8.55. The fourth-order valence-electron chi connectivity index (χ4n) is 6.19. The summed E-state index contributed by atoms with van der Waals surface area (Å²) in [5.41, 5.74) is 2.40. The molecule has 1 spiro atoms. The first kappa shape index (κ1) is 31.1. The smallest absolute Gasteiger partial charge is 0.243 e. The molecule has 2 amide bonds. The molecule has 2 aromatic carbocycles. The fraction of sp³-hybridized carbons (Fsp3) is 0.375. The second-order valence-electron chi connectivity index (χ2n) is 11.4. The van der Waals surface area contributed by atoms with E-state index in [1.807, 2.05) is 36.4 Å². The molecule has 11 nitrogen and oxygen atoms in total. The SMILES string of the molecule is COCCN(Cc1ccccc1)S(=O)(=O)c1ccc2c(c1)C1(CCN(C(C)=O)C1)CN2C(=O)Cc1nc2ccc(OC)nc2s1. The van der Waals surface area contributed by atoms with Gasteiger partial charge in [0.25, 0.3) is 0 Å². The highest BCUT2D eigenvalue weighted by molar-refractivity contribution is 7.89. The Hall–Kier alpha value is -3.91. The van der Waals surface area contributed by atoms with E-state index in [1.54, 1.807) is 48.3 Å². The quantitative estimate of drug-likeness (QED) is 0.256. The van der Waals surface area contributed by atoms with Crippen molar-refractivity contribution in [1.82, 2.24) is 19.2 Å². The molecule has 0 bridgehead atoms. The van der Waals surface area contributed by atoms with Gasteiger partial charge in [0.1, 0.15) is 15.4 Å². The Morgan fingerprint density at radius 3 is 2.56 bits per heavy atom. The minimum absolute atomic E-state index is 0.0482. The summed E-state index contributed by atoms with van der Waals surface area (Å²) < 4.78 is 40.1. The Balaban J connectivity index is 1.34. The molecule has 2 aromatic heterocycles. The number of fused-ring (bicyclic) bond motifs is 3. The number of nitrogens with zero attached hydrogens (tertiary/aromatic N) is 5. The summed E-state index contributed by atoms with van der Waals surface area (Å²) in [5.74, 6) is 0.279. The van der Waals surface area contributed by atoms with E-state index in [9.17, 15) is 18.0 Å². The van der Waals surface area contributed by atoms with Crippen molar-refractivity contribution in [2.75, 3.05) is 51.9 Å². The van der Waals surface area contributed by atoms with E-state index >= 15 is 0 Å². The molecule has 1 saturated heterocycles. The van der Waals surface area contributed by atoms with E-state index in [0.29, 0.717) is 53.0 Å². The molecule has 4 heterocycles. The Morgan fingerprint density at radius 2 is 1.84 bits per heavy atom. The van der Waals surface area contributed by atoms with Gasteiger partial charge in [0.05, 0.1) is 25.0 Å². The maximum Gasteiger partial charge on any atom is 0.243 e. The van der Waals surface area contributed by atoms with Crippen molar-refractivity contribution in [3.8, 4) is 5.88 Å². The van der Waals surface area contributed by atoms with Gasteiger partial charge in [-0.1, -0.05) is 41.7 Å². The van der Waals surface area contributed by atoms with E-state index in [2.05, 4.69) is 9.97 Å². The third-order valence-corrected chi connectivity index (χ3v) is 11.4. The van der Waals surface area contributed by atoms with Crippen LogP contribution in [0.2, 0.25) is 0 Å². The first-order valence-electron chi connectivity index (χ1n) is 14.7. The summed E-state index contributed by atoms with van der Waals surface area (Å²) in [6, 6.07) is 18.0. The number of amides is 2. The molecular formula is C32H35N5O6S2. The molecule has 45 heavy (non-hydrogen) atoms. The molecule has 4 aromatic rings. The van der Waals surface area contributed by atoms with Gasteiger partial charge in [0.15, 0.2) is 0 Å². The maximum atomic E-state index is 14.1. The zero-order valence-corrected chi connectivity index (χ0v) is 27.1. The lowest BCUT2D eigenvalue weighted by Crippen LogP contribution is -2.40. The minimum atomic E-state index is -3.93. The van der Waals surface area contributed by atoms with Crippen LogP contribution in [0.25, 0.3) is 10.3 Å². The van der Waals surface area contributed by atoms with Crippen LogP contribution in [0.1, 0.15) is 29.5 Å². The normalized spacial score (nSPS) is 17.9. The average Bonchev–Trinajstić information content (AvgIpc) is 3.74. The first-order chi connectivity index (χ1) is 21.6. The van der Waals surface area contributed by atoms with Crippen molar-refractivity contribution in [1.29, 1.82) is 0 Å². The minimum Gasteiger partial charge on any atom is -0.481 e. The van der Waals surface area contributed by atoms with Crippen molar-refractivity contribution in [2.24, 2.45) is 0 Å². The highest BCUT2D eigenvalue weighted by Gasteiger charge is 2.50. The molecule has 1 unspecified atom stereocenters. The second-order valence-corrected chi connectivity index (χ2v) is 14.4. The van der Waals surface area contributed by atoms with Crippen LogP contribution in [0.15, 0.2) is 65.6 Å². The lowest BCUT2D eigenvalue weighted by Gasteiger charge is -2.26. The Morgan fingerprint density at radius 1 is 1.04 bits per heavy atom. The summed E-state index contributed by atoms with van der Waals surface area (Å²) in [4.78, 5) is 39.6. The summed E-state index contributed by atoms with van der Waals surface area (Å²) >= 11 is 1.34. The number of anilines is 1. The number of pyridine rings is 1. The summed E-state index contributed by atoms with van der Waals surface area (Å²) in [7, 11) is -0.841. The van der Waals surface area contributed by atoms with Crippen molar-refractivity contribution < 1.29 is 27.5 Å². The van der Waals surface area contributed by atoms with Gasteiger partial charge in [0, 0.05) is 63.9 Å². The van der Waals surface area contributed by atoms with Gasteiger partial charge >= 0.3 is 0 Å². The van der Waals surface area contributed by atoms with Gasteiger partial charge in [-0.25, -0.2) is 18.4 Å². The van der Waals surface area contributed by atoms with Gasteiger partial charge in [0.2, 0.25) is 27.7 Å². The zero-order valence-electron chi connectivity index (χ0n) is 25.4. The number of methoxy groups -OCH3 is 2. The van der Waals surface area contributed by atoms with Crippen LogP contribution in [0.4, 0.5) is 5.69 Å². The monoisotopic (exact) mass is 649 g/mol. The number of aromatic nitrogens is 2. The van der Waals surface area contributed by atoms with Crippen LogP contribution in [-0.2, 0) is 42.7 Å². The molecule has 0 saturated carbocycles. The van der Waals surface area contributed by atoms with Crippen LogP contribution in [0.5, 0.6) is 5.88 Å². The molecule has 1 fully saturated rings. The van der Waals surface area contributed by atoms with Crippen molar-refractivity contribution in [2.45, 2.75) is 36.6 Å². The Kier molecular flexibility index (Phi) is 8.61. The van der Waals surface area contributed by atoms with E-state index in [-0.39, 0.29) is 42.8 Å². The number of likely N-dealkylation sites (tertiary alicyclic amines) is 1. The standard InChI is InChI=1S/C32H35N5O6S2/c1-22(38)35-14-13-32(20-35)21-37(30(39)18-29-33-26-10-12-28(43-3)34-31(26)44-29)27-11-9-24(17-25(27)32)45(40,41)36(15-16-42-2)19-23-7-5-4-6-8-23/h4-12,17H,13-16,18-21H2,1-3H3. The van der Waals surface area contributed by atoms with Crippen molar-refractivity contribution in [3.05, 3.63) is 76.8 Å². The van der Waals surface area contributed by atoms with Crippen LogP contribution in [-0.4, -0.2) is 86.4 Å². The van der Waals surface area contributed by atoms with E-state index in [4.69, 9.17) is 9.47 Å². The van der Waals surface area contributed by atoms with Crippen molar-refractivity contribution >= 4 is 49.2 Å². The van der Waals surface area contributed by atoms with E-state index in [0.717, 1.165) is 11.1 Å². The number of carbonyl (C=O) groups is 2. The number of ether oxygens (including phenoxy) is 2. The third kappa shape index (κ3) is 6.05. The van der Waals surface area contributed by atoms with Crippen LogP contribution >= 0.6 is 11.3 Å². The van der Waals surface area contributed by atoms with Crippen LogP contribution in [0, 0.1) is 0 Å². The summed E-state index contributed by atoms with van der Waals surface area (Å²) in [5, 5.41) is 0.629. The average molecular weight is 650 g/mol. The van der Waals surface area contributed by atoms with Gasteiger partial charge in [-0.3, -0.25) is 9.59 Å². The highest BCUT2D eigenvalue weighted by Crippen LogP contribution is 2.47. The van der Waals surface area contributed by atoms with Gasteiger partial charge in [-0.15, -0.1) is 0 Å². The number of thiazole rings is 1. The number of benzene rings is 2. The third-order valence-electron chi connectivity index (χ3n) is 8.56. The van der Waals surface area contributed by atoms with Crippen LogP contribution < -0.4 is 9.64 Å². The molecule has 2 aliphatic rings. The molecule has 2 aliphatic heterocycles. The summed E-state index contributed by atoms with van der Waals surface area (Å²) in [6.07, 6.45) is 0.687. The van der Waals surface area contributed by atoms with E-state index in [1.165, 1.54) is 22.6 Å². The first-order valence-corrected chi connectivity index (χ1v) is 16.9. The van der Waals surface area contributed by atoms with Crippen LogP contribution in [0.3, 0.4) is 0 Å². The van der Waals surface area contributed by atoms with Crippen molar-refractivity contribution in [3.63, 3.8) is 0 Å². The molecule has 6 rings (SSSR count). The molecule has 1 atom stereocenters. The Bertz CT molecular complexity index is 1850. The predicted molar refractivity (Wildman–Crippen MR) is 171 cm³/mol. The number of hydrogen-bond acceptors (Lipinski definition) is 9. The number of hydrogen-bond donors (Lipinski definition) is 0. The van der Waals surface area contributed by atoms with Gasteiger partial charge in [-0.2, -0.15) is 4.31 Å². The molecule has 236 valence electrons. The number of rotatable bonds is 10. The van der Waals surface area contributed by atoms with Gasteiger partial charge in [-0.05, 0) is 41.8 Å². The zero-order chi connectivity index (χ0) is 31.8. The Labute approximate surface area is 266 Å². The van der Waals surface area contributed by atoms with E-state index < -0.39 is 15.4 Å². The van der Waals surface area contributed by atoms with Gasteiger partial charge < -0.3 is 19.3 Å². The molecular weight excluding hydrogens is 615 g/mol. The molecule has 0 N–H and O–H groups in total. The lowest BCUT2D eigenvalue weighted by atomic mass is 9.81. The second kappa shape index (κ2) is 12.5. The number of sulfonamides is 1.